The summed E-state index contributed by atoms with van der Waals surface area (Å²) in [5.41, 5.74) is 5.34. The number of nitrogens with one attached hydrogen (secondary N) is 1. The minimum atomic E-state index is 0.459. The van der Waals surface area contributed by atoms with Crippen molar-refractivity contribution in [1.82, 2.24) is 29.7 Å². The maximum Gasteiger partial charge on any atom is 0.163 e. The third-order valence-corrected chi connectivity index (χ3v) is 5.69. The van der Waals surface area contributed by atoms with Crippen LogP contribution < -0.4 is 4.90 Å². The molecule has 5 rings (SSSR count). The van der Waals surface area contributed by atoms with Gasteiger partial charge in [0.25, 0.3) is 0 Å². The summed E-state index contributed by atoms with van der Waals surface area (Å²) in [6.45, 7) is 6.06. The average Bonchev–Trinajstić information content (AvgIpc) is 3.24. The Morgan fingerprint density at radius 3 is 2.70 bits per heavy atom. The zero-order chi connectivity index (χ0) is 18.5. The van der Waals surface area contributed by atoms with Gasteiger partial charge in [-0.25, -0.2) is 15.0 Å². The van der Waals surface area contributed by atoms with Crippen LogP contribution in [-0.2, 0) is 7.05 Å². The van der Waals surface area contributed by atoms with Crippen LogP contribution in [0.2, 0.25) is 0 Å². The lowest BCUT2D eigenvalue weighted by molar-refractivity contribution is 0.488. The van der Waals surface area contributed by atoms with E-state index in [2.05, 4.69) is 50.1 Å². The molecule has 0 unspecified atom stereocenters. The predicted octanol–water partition coefficient (Wildman–Crippen LogP) is 3.24. The van der Waals surface area contributed by atoms with Gasteiger partial charge in [0, 0.05) is 26.1 Å². The monoisotopic (exact) mass is 361 g/mol. The number of H-pyrrole nitrogens is 1. The molecular formula is C20H23N7. The van der Waals surface area contributed by atoms with Gasteiger partial charge in [0.2, 0.25) is 0 Å². The highest BCUT2D eigenvalue weighted by Gasteiger charge is 2.26. The molecule has 1 saturated heterocycles. The van der Waals surface area contributed by atoms with E-state index in [0.29, 0.717) is 5.92 Å². The lowest BCUT2D eigenvalue weighted by Gasteiger charge is -2.32. The molecule has 7 heteroatoms. The average molecular weight is 361 g/mol. The van der Waals surface area contributed by atoms with Crippen LogP contribution in [0.3, 0.4) is 0 Å². The highest BCUT2D eigenvalue weighted by atomic mass is 15.3. The molecule has 3 aromatic heterocycles. The number of rotatable bonds is 2. The first-order chi connectivity index (χ1) is 13.1. The van der Waals surface area contributed by atoms with Crippen LogP contribution in [0, 0.1) is 13.8 Å². The maximum absolute atomic E-state index is 4.89. The molecule has 1 aliphatic rings. The quantitative estimate of drug-likeness (QED) is 0.593. The minimum Gasteiger partial charge on any atom is -0.356 e. The number of imidazole rings is 1. The summed E-state index contributed by atoms with van der Waals surface area (Å²) < 4.78 is 1.83. The van der Waals surface area contributed by atoms with Crippen LogP contribution in [0.25, 0.3) is 22.1 Å². The molecule has 0 aliphatic carbocycles. The van der Waals surface area contributed by atoms with Crippen molar-refractivity contribution in [2.24, 2.45) is 7.05 Å². The number of nitrogens with zero attached hydrogens (tertiary/aromatic N) is 6. The molecule has 0 spiro atoms. The smallest absolute Gasteiger partial charge is 0.163 e. The zero-order valence-corrected chi connectivity index (χ0v) is 15.9. The summed E-state index contributed by atoms with van der Waals surface area (Å²) in [5.74, 6) is 2.58. The first kappa shape index (κ1) is 16.2. The van der Waals surface area contributed by atoms with Crippen molar-refractivity contribution in [3.05, 3.63) is 41.6 Å². The third kappa shape index (κ3) is 2.57. The number of hydrogen-bond donors (Lipinski definition) is 1. The van der Waals surface area contributed by atoms with Gasteiger partial charge in [-0.3, -0.25) is 4.68 Å². The molecule has 7 nitrogen and oxygen atoms in total. The van der Waals surface area contributed by atoms with Crippen molar-refractivity contribution in [3.8, 4) is 0 Å². The summed E-state index contributed by atoms with van der Waals surface area (Å²) in [4.78, 5) is 19.8. The van der Waals surface area contributed by atoms with E-state index >= 15 is 0 Å². The van der Waals surface area contributed by atoms with Crippen LogP contribution >= 0.6 is 0 Å². The molecule has 0 bridgehead atoms. The molecule has 0 saturated carbocycles. The van der Waals surface area contributed by atoms with Crippen LogP contribution in [0.5, 0.6) is 0 Å². The van der Waals surface area contributed by atoms with E-state index in [1.807, 2.05) is 18.7 Å². The molecule has 0 amide bonds. The van der Waals surface area contributed by atoms with Gasteiger partial charge in [0.15, 0.2) is 5.65 Å². The topological polar surface area (TPSA) is 75.5 Å². The predicted molar refractivity (Wildman–Crippen MR) is 106 cm³/mol. The number of fused-ring (bicyclic) bond motifs is 2. The normalized spacial score (nSPS) is 15.9. The molecule has 4 aromatic rings. The van der Waals surface area contributed by atoms with E-state index in [-0.39, 0.29) is 0 Å². The van der Waals surface area contributed by atoms with Crippen LogP contribution in [0.15, 0.2) is 24.5 Å². The molecule has 138 valence electrons. The Morgan fingerprint density at radius 1 is 1.11 bits per heavy atom. The Morgan fingerprint density at radius 2 is 1.93 bits per heavy atom. The summed E-state index contributed by atoms with van der Waals surface area (Å²) in [7, 11) is 1.93. The first-order valence-electron chi connectivity index (χ1n) is 9.46. The van der Waals surface area contributed by atoms with Gasteiger partial charge in [-0.2, -0.15) is 5.10 Å². The number of aryl methyl sites for hydroxylation is 3. The summed E-state index contributed by atoms with van der Waals surface area (Å²) in [5, 5.41) is 5.58. The van der Waals surface area contributed by atoms with E-state index in [1.54, 1.807) is 6.33 Å². The second kappa shape index (κ2) is 6.04. The maximum atomic E-state index is 4.89. The summed E-state index contributed by atoms with van der Waals surface area (Å²) in [6.07, 6.45) is 3.76. The number of anilines is 1. The summed E-state index contributed by atoms with van der Waals surface area (Å²) >= 11 is 0. The molecule has 1 aliphatic heterocycles. The van der Waals surface area contributed by atoms with E-state index in [9.17, 15) is 0 Å². The van der Waals surface area contributed by atoms with Gasteiger partial charge in [-0.1, -0.05) is 12.1 Å². The molecule has 4 heterocycles. The van der Waals surface area contributed by atoms with Gasteiger partial charge in [-0.15, -0.1) is 0 Å². The standard InChI is InChI=1S/C20H23N7/c1-12-5-4-6-15-17(12)24-18(23-15)14-7-9-27(10-8-14)20-16-13(2)25-26(3)19(16)21-11-22-20/h4-6,11,14H,7-10H2,1-3H3,(H,23,24). The Hall–Kier alpha value is -2.96. The van der Waals surface area contributed by atoms with E-state index < -0.39 is 0 Å². The lowest BCUT2D eigenvalue weighted by Crippen LogP contribution is -2.34. The molecular weight excluding hydrogens is 338 g/mol. The van der Waals surface area contributed by atoms with Gasteiger partial charge in [-0.05, 0) is 38.3 Å². The van der Waals surface area contributed by atoms with Gasteiger partial charge in [0.05, 0.1) is 22.1 Å². The van der Waals surface area contributed by atoms with E-state index in [0.717, 1.165) is 65.3 Å². The number of aromatic amines is 1. The van der Waals surface area contributed by atoms with E-state index in [4.69, 9.17) is 4.98 Å². The largest absolute Gasteiger partial charge is 0.356 e. The number of aromatic nitrogens is 6. The highest BCUT2D eigenvalue weighted by molar-refractivity contribution is 5.89. The van der Waals surface area contributed by atoms with Gasteiger partial charge in [0.1, 0.15) is 18.0 Å². The molecule has 0 radical (unpaired) electrons. The van der Waals surface area contributed by atoms with Crippen molar-refractivity contribution in [2.75, 3.05) is 18.0 Å². The van der Waals surface area contributed by atoms with Crippen LogP contribution in [-0.4, -0.2) is 42.8 Å². The first-order valence-corrected chi connectivity index (χ1v) is 9.46. The Labute approximate surface area is 157 Å². The van der Waals surface area contributed by atoms with Crippen molar-refractivity contribution in [1.29, 1.82) is 0 Å². The molecule has 1 aromatic carbocycles. The van der Waals surface area contributed by atoms with Crippen molar-refractivity contribution in [3.63, 3.8) is 0 Å². The van der Waals surface area contributed by atoms with Crippen molar-refractivity contribution < 1.29 is 0 Å². The lowest BCUT2D eigenvalue weighted by atomic mass is 9.96. The molecule has 27 heavy (non-hydrogen) atoms. The Bertz CT molecular complexity index is 1130. The Balaban J connectivity index is 1.41. The SMILES string of the molecule is Cc1cccc2[nH]c(C3CCN(c4ncnc5c4c(C)nn5C)CC3)nc12. The second-order valence-electron chi connectivity index (χ2n) is 7.46. The molecule has 1 fully saturated rings. The fourth-order valence-corrected chi connectivity index (χ4v) is 4.25. The molecule has 0 atom stereocenters. The Kier molecular flexibility index (Phi) is 3.63. The second-order valence-corrected chi connectivity index (χ2v) is 7.46. The number of piperidine rings is 1. The fraction of sp³-hybridized carbons (Fsp3) is 0.400. The number of para-hydroxylation sites is 1. The van der Waals surface area contributed by atoms with Crippen molar-refractivity contribution >= 4 is 27.9 Å². The third-order valence-electron chi connectivity index (χ3n) is 5.69. The van der Waals surface area contributed by atoms with Crippen LogP contribution in [0.1, 0.15) is 35.8 Å². The van der Waals surface area contributed by atoms with Gasteiger partial charge >= 0.3 is 0 Å². The summed E-state index contributed by atoms with van der Waals surface area (Å²) in [6, 6.07) is 6.31. The minimum absolute atomic E-state index is 0.459. The number of hydrogen-bond acceptors (Lipinski definition) is 5. The molecule has 1 N–H and O–H groups in total. The zero-order valence-electron chi connectivity index (χ0n) is 15.9. The number of benzene rings is 1. The van der Waals surface area contributed by atoms with E-state index in [1.165, 1.54) is 5.56 Å². The highest BCUT2D eigenvalue weighted by Crippen LogP contribution is 2.33. The van der Waals surface area contributed by atoms with Crippen molar-refractivity contribution in [2.45, 2.75) is 32.6 Å². The van der Waals surface area contributed by atoms with Crippen LogP contribution in [0.4, 0.5) is 5.82 Å². The fourth-order valence-electron chi connectivity index (χ4n) is 4.25. The van der Waals surface area contributed by atoms with Gasteiger partial charge < -0.3 is 9.88 Å².